The molecule has 1 N–H and O–H groups in total. The third kappa shape index (κ3) is 5.08. The lowest BCUT2D eigenvalue weighted by atomic mass is 10.1. The first kappa shape index (κ1) is 17.6. The van der Waals surface area contributed by atoms with Crippen molar-refractivity contribution in [3.05, 3.63) is 17.7 Å². The molecule has 0 fully saturated rings. The van der Waals surface area contributed by atoms with Crippen molar-refractivity contribution in [3.8, 4) is 17.2 Å². The third-order valence-corrected chi connectivity index (χ3v) is 3.18. The largest absolute Gasteiger partial charge is 0.496 e. The summed E-state index contributed by atoms with van der Waals surface area (Å²) >= 11 is 0. The summed E-state index contributed by atoms with van der Waals surface area (Å²) in [6.45, 7) is 1.81. The molecule has 1 rings (SSSR count). The third-order valence-electron chi connectivity index (χ3n) is 3.18. The van der Waals surface area contributed by atoms with Crippen molar-refractivity contribution >= 4 is 0 Å². The molecule has 0 radical (unpaired) electrons. The quantitative estimate of drug-likeness (QED) is 0.706. The van der Waals surface area contributed by atoms with Gasteiger partial charge in [0.2, 0.25) is 0 Å². The van der Waals surface area contributed by atoms with Crippen LogP contribution >= 0.6 is 0 Å². The second-order valence-electron chi connectivity index (χ2n) is 4.45. The molecule has 0 aromatic heterocycles. The van der Waals surface area contributed by atoms with Crippen LogP contribution < -0.4 is 19.5 Å². The van der Waals surface area contributed by atoms with Gasteiger partial charge < -0.3 is 29.0 Å². The van der Waals surface area contributed by atoms with Crippen LogP contribution in [0.25, 0.3) is 0 Å². The van der Waals surface area contributed by atoms with Gasteiger partial charge in [0.15, 0.2) is 0 Å². The van der Waals surface area contributed by atoms with E-state index in [1.54, 1.807) is 35.5 Å². The number of benzene rings is 1. The van der Waals surface area contributed by atoms with Crippen LogP contribution in [0.5, 0.6) is 17.2 Å². The van der Waals surface area contributed by atoms with Crippen molar-refractivity contribution in [3.63, 3.8) is 0 Å². The van der Waals surface area contributed by atoms with Gasteiger partial charge in [-0.15, -0.1) is 0 Å². The number of methoxy groups -OCH3 is 5. The summed E-state index contributed by atoms with van der Waals surface area (Å²) in [5.74, 6) is 2.14. The van der Waals surface area contributed by atoms with E-state index in [9.17, 15) is 0 Å². The maximum atomic E-state index is 5.41. The van der Waals surface area contributed by atoms with Crippen molar-refractivity contribution in [1.29, 1.82) is 0 Å². The van der Waals surface area contributed by atoms with Gasteiger partial charge in [0.1, 0.15) is 17.2 Å². The Balaban J connectivity index is 2.77. The molecule has 21 heavy (non-hydrogen) atoms. The Bertz CT molecular complexity index is 400. The number of nitrogens with one attached hydrogen (secondary N) is 1. The predicted molar refractivity (Wildman–Crippen MR) is 80.5 cm³/mol. The molecule has 1 aromatic carbocycles. The monoisotopic (exact) mass is 299 g/mol. The summed E-state index contributed by atoms with van der Waals surface area (Å²) in [5.41, 5.74) is 0.938. The number of ether oxygens (including phenoxy) is 5. The molecule has 0 aliphatic heterocycles. The topological polar surface area (TPSA) is 58.2 Å². The first-order chi connectivity index (χ1) is 10.2. The van der Waals surface area contributed by atoms with E-state index in [2.05, 4.69) is 5.32 Å². The Morgan fingerprint density at radius 2 is 1.57 bits per heavy atom. The van der Waals surface area contributed by atoms with Gasteiger partial charge in [-0.25, -0.2) is 0 Å². The second kappa shape index (κ2) is 9.44. The molecule has 1 unspecified atom stereocenters. The van der Waals surface area contributed by atoms with E-state index in [1.807, 2.05) is 12.1 Å². The van der Waals surface area contributed by atoms with E-state index in [0.29, 0.717) is 25.4 Å². The van der Waals surface area contributed by atoms with Gasteiger partial charge in [-0.3, -0.25) is 0 Å². The summed E-state index contributed by atoms with van der Waals surface area (Å²) in [6.07, 6.45) is 0.00485. The second-order valence-corrected chi connectivity index (χ2v) is 4.45. The minimum atomic E-state index is 0.00485. The molecule has 0 amide bonds. The molecule has 0 aliphatic rings. The fraction of sp³-hybridized carbons (Fsp3) is 0.600. The van der Waals surface area contributed by atoms with Crippen LogP contribution in [0.15, 0.2) is 12.1 Å². The molecular weight excluding hydrogens is 274 g/mol. The number of hydrogen-bond acceptors (Lipinski definition) is 6. The molecule has 1 aromatic rings. The molecule has 0 saturated carbocycles. The van der Waals surface area contributed by atoms with Gasteiger partial charge in [-0.05, 0) is 0 Å². The van der Waals surface area contributed by atoms with Gasteiger partial charge >= 0.3 is 0 Å². The van der Waals surface area contributed by atoms with Crippen molar-refractivity contribution in [2.24, 2.45) is 0 Å². The molecule has 6 heteroatoms. The minimum absolute atomic E-state index is 0.00485. The minimum Gasteiger partial charge on any atom is -0.496 e. The van der Waals surface area contributed by atoms with E-state index >= 15 is 0 Å². The lowest BCUT2D eigenvalue weighted by Crippen LogP contribution is -2.31. The van der Waals surface area contributed by atoms with Crippen molar-refractivity contribution < 1.29 is 23.7 Å². The summed E-state index contributed by atoms with van der Waals surface area (Å²) in [4.78, 5) is 0. The lowest BCUT2D eigenvalue weighted by Gasteiger charge is -2.18. The SMILES string of the molecule is COCC(CNCc1c(OC)cc(OC)cc1OC)OC. The van der Waals surface area contributed by atoms with Crippen molar-refractivity contribution in [2.45, 2.75) is 12.6 Å². The van der Waals surface area contributed by atoms with Gasteiger partial charge in [0.25, 0.3) is 0 Å². The van der Waals surface area contributed by atoms with E-state index in [0.717, 1.165) is 17.1 Å². The average molecular weight is 299 g/mol. The Kier molecular flexibility index (Phi) is 7.89. The summed E-state index contributed by atoms with van der Waals surface area (Å²) < 4.78 is 26.4. The maximum absolute atomic E-state index is 5.41. The average Bonchev–Trinajstić information content (AvgIpc) is 2.53. The first-order valence-corrected chi connectivity index (χ1v) is 6.71. The summed E-state index contributed by atoms with van der Waals surface area (Å²) in [5, 5.41) is 3.32. The lowest BCUT2D eigenvalue weighted by molar-refractivity contribution is 0.0287. The van der Waals surface area contributed by atoms with Crippen molar-refractivity contribution in [2.75, 3.05) is 48.7 Å². The highest BCUT2D eigenvalue weighted by Crippen LogP contribution is 2.33. The normalized spacial score (nSPS) is 12.0. The molecule has 1 atom stereocenters. The van der Waals surface area contributed by atoms with Crippen LogP contribution in [0.2, 0.25) is 0 Å². The van der Waals surface area contributed by atoms with Crippen LogP contribution in [0.1, 0.15) is 5.56 Å². The fourth-order valence-corrected chi connectivity index (χ4v) is 2.01. The summed E-state index contributed by atoms with van der Waals surface area (Å²) in [7, 11) is 8.18. The molecule has 0 aliphatic carbocycles. The molecule has 0 saturated heterocycles. The Morgan fingerprint density at radius 1 is 0.952 bits per heavy atom. The van der Waals surface area contributed by atoms with E-state index in [-0.39, 0.29) is 6.10 Å². The van der Waals surface area contributed by atoms with Crippen LogP contribution in [-0.4, -0.2) is 54.8 Å². The highest BCUT2D eigenvalue weighted by Gasteiger charge is 2.14. The first-order valence-electron chi connectivity index (χ1n) is 6.71. The highest BCUT2D eigenvalue weighted by atomic mass is 16.5. The predicted octanol–water partition coefficient (Wildman–Crippen LogP) is 1.46. The van der Waals surface area contributed by atoms with Crippen molar-refractivity contribution in [1.82, 2.24) is 5.32 Å². The standard InChI is InChI=1S/C15H25NO5/c1-17-10-12(19-3)8-16-9-13-14(20-4)6-11(18-2)7-15(13)21-5/h6-7,12,16H,8-10H2,1-5H3. The molecule has 6 nitrogen and oxygen atoms in total. The molecule has 120 valence electrons. The smallest absolute Gasteiger partial charge is 0.130 e. The molecule has 0 bridgehead atoms. The zero-order valence-corrected chi connectivity index (χ0v) is 13.4. The van der Waals surface area contributed by atoms with Gasteiger partial charge in [0.05, 0.1) is 39.6 Å². The number of rotatable bonds is 10. The molecule has 0 heterocycles. The van der Waals surface area contributed by atoms with E-state index < -0.39 is 0 Å². The Labute approximate surface area is 126 Å². The fourth-order valence-electron chi connectivity index (χ4n) is 2.01. The summed E-state index contributed by atoms with van der Waals surface area (Å²) in [6, 6.07) is 3.67. The van der Waals surface area contributed by atoms with E-state index in [4.69, 9.17) is 23.7 Å². The van der Waals surface area contributed by atoms with Gasteiger partial charge in [-0.2, -0.15) is 0 Å². The van der Waals surface area contributed by atoms with E-state index in [1.165, 1.54) is 0 Å². The maximum Gasteiger partial charge on any atom is 0.130 e. The molecular formula is C15H25NO5. The van der Waals surface area contributed by atoms with Gasteiger partial charge in [-0.1, -0.05) is 0 Å². The van der Waals surface area contributed by atoms with Gasteiger partial charge in [0, 0.05) is 39.4 Å². The zero-order chi connectivity index (χ0) is 15.7. The zero-order valence-electron chi connectivity index (χ0n) is 13.4. The van der Waals surface area contributed by atoms with Crippen LogP contribution in [0.3, 0.4) is 0 Å². The highest BCUT2D eigenvalue weighted by molar-refractivity contribution is 5.50. The Hall–Kier alpha value is -1.50. The van der Waals surface area contributed by atoms with Crippen LogP contribution in [-0.2, 0) is 16.0 Å². The molecule has 0 spiro atoms. The Morgan fingerprint density at radius 3 is 2.00 bits per heavy atom. The van der Waals surface area contributed by atoms with Crippen LogP contribution in [0, 0.1) is 0 Å². The van der Waals surface area contributed by atoms with Crippen LogP contribution in [0.4, 0.5) is 0 Å². The number of hydrogen-bond donors (Lipinski definition) is 1.